The summed E-state index contributed by atoms with van der Waals surface area (Å²) in [5.41, 5.74) is 1.05. The second kappa shape index (κ2) is 10.6. The van der Waals surface area contributed by atoms with E-state index in [1.807, 2.05) is 13.8 Å². The molecule has 1 aliphatic rings. The van der Waals surface area contributed by atoms with Crippen LogP contribution in [0.5, 0.6) is 23.0 Å². The van der Waals surface area contributed by atoms with Gasteiger partial charge in [0.05, 0.1) is 13.2 Å². The third-order valence-corrected chi connectivity index (χ3v) is 4.75. The predicted molar refractivity (Wildman–Crippen MR) is 119 cm³/mol. The fourth-order valence-electron chi connectivity index (χ4n) is 3.19. The van der Waals surface area contributed by atoms with Crippen molar-refractivity contribution in [1.82, 2.24) is 20.8 Å². The molecular formula is C23H24N4O7. The lowest BCUT2D eigenvalue weighted by atomic mass is 10.2. The summed E-state index contributed by atoms with van der Waals surface area (Å²) < 4.78 is 26.7. The van der Waals surface area contributed by atoms with Crippen LogP contribution in [0.3, 0.4) is 0 Å². The van der Waals surface area contributed by atoms with Crippen molar-refractivity contribution in [2.75, 3.05) is 33.1 Å². The first-order chi connectivity index (χ1) is 16.6. The molecule has 178 valence electrons. The monoisotopic (exact) mass is 468 g/mol. The Morgan fingerprint density at radius 2 is 1.65 bits per heavy atom. The van der Waals surface area contributed by atoms with Crippen LogP contribution in [0.2, 0.25) is 0 Å². The first kappa shape index (κ1) is 22.9. The first-order valence-electron chi connectivity index (χ1n) is 10.8. The van der Waals surface area contributed by atoms with Crippen molar-refractivity contribution < 1.29 is 33.1 Å². The normalized spacial score (nSPS) is 11.7. The average molecular weight is 468 g/mol. The van der Waals surface area contributed by atoms with E-state index in [0.717, 1.165) is 0 Å². The zero-order chi connectivity index (χ0) is 23.9. The fourth-order valence-corrected chi connectivity index (χ4v) is 3.19. The minimum Gasteiger partial charge on any atom is -0.490 e. The van der Waals surface area contributed by atoms with E-state index in [9.17, 15) is 9.59 Å². The van der Waals surface area contributed by atoms with Crippen molar-refractivity contribution in [3.05, 3.63) is 47.9 Å². The Bertz CT molecular complexity index is 1180. The van der Waals surface area contributed by atoms with Crippen molar-refractivity contribution in [2.24, 2.45) is 0 Å². The van der Waals surface area contributed by atoms with Crippen LogP contribution in [-0.2, 0) is 0 Å². The average Bonchev–Trinajstić information content (AvgIpc) is 3.52. The SMILES string of the molecule is CCOc1ccc(C(=O)NCCNC(=O)c2nc(-c3ccc4c(c3)OCO4)no2)cc1OCC. The molecule has 0 aliphatic carbocycles. The molecule has 0 unspecified atom stereocenters. The van der Waals surface area contributed by atoms with Crippen LogP contribution in [0, 0.1) is 0 Å². The molecule has 11 heteroatoms. The molecule has 4 rings (SSSR count). The van der Waals surface area contributed by atoms with Crippen molar-refractivity contribution in [2.45, 2.75) is 13.8 Å². The minimum atomic E-state index is -0.548. The van der Waals surface area contributed by atoms with Gasteiger partial charge in [0.15, 0.2) is 23.0 Å². The van der Waals surface area contributed by atoms with E-state index in [0.29, 0.717) is 47.3 Å². The van der Waals surface area contributed by atoms with Crippen LogP contribution in [0.25, 0.3) is 11.4 Å². The number of rotatable bonds is 10. The zero-order valence-electron chi connectivity index (χ0n) is 18.8. The van der Waals surface area contributed by atoms with Gasteiger partial charge in [-0.05, 0) is 50.2 Å². The standard InChI is InChI=1S/C23H24N4O7/c1-3-30-16-8-6-15(12-18(16)31-4-2)21(28)24-9-10-25-22(29)23-26-20(27-34-23)14-5-7-17-19(11-14)33-13-32-17/h5-8,11-12H,3-4,9-10,13H2,1-2H3,(H,24,28)(H,25,29). The van der Waals surface area contributed by atoms with Crippen molar-refractivity contribution >= 4 is 11.8 Å². The summed E-state index contributed by atoms with van der Waals surface area (Å²) in [5, 5.41) is 9.21. The number of carbonyl (C=O) groups is 2. The maximum absolute atomic E-state index is 12.4. The van der Waals surface area contributed by atoms with Gasteiger partial charge in [0, 0.05) is 24.2 Å². The Labute approximate surface area is 195 Å². The maximum atomic E-state index is 12.4. The molecule has 0 radical (unpaired) electrons. The molecule has 0 saturated heterocycles. The lowest BCUT2D eigenvalue weighted by Crippen LogP contribution is -2.34. The van der Waals surface area contributed by atoms with Crippen molar-refractivity contribution in [1.29, 1.82) is 0 Å². The van der Waals surface area contributed by atoms with E-state index in [2.05, 4.69) is 20.8 Å². The van der Waals surface area contributed by atoms with Crippen LogP contribution in [0.15, 0.2) is 40.9 Å². The van der Waals surface area contributed by atoms with E-state index in [-0.39, 0.29) is 37.5 Å². The van der Waals surface area contributed by atoms with Gasteiger partial charge < -0.3 is 34.1 Å². The molecule has 2 heterocycles. The third-order valence-electron chi connectivity index (χ3n) is 4.75. The number of fused-ring (bicyclic) bond motifs is 1. The smallest absolute Gasteiger partial charge is 0.316 e. The molecule has 0 saturated carbocycles. The molecule has 2 amide bonds. The molecule has 34 heavy (non-hydrogen) atoms. The topological polar surface area (TPSA) is 134 Å². The number of aromatic nitrogens is 2. The quantitative estimate of drug-likeness (QED) is 0.430. The van der Waals surface area contributed by atoms with Crippen LogP contribution < -0.4 is 29.6 Å². The molecule has 3 aromatic rings. The summed E-state index contributed by atoms with van der Waals surface area (Å²) in [5.74, 6) is 1.49. The van der Waals surface area contributed by atoms with Gasteiger partial charge in [0.25, 0.3) is 5.91 Å². The van der Waals surface area contributed by atoms with Gasteiger partial charge in [-0.25, -0.2) is 0 Å². The van der Waals surface area contributed by atoms with Crippen LogP contribution in [0.4, 0.5) is 0 Å². The number of ether oxygens (including phenoxy) is 4. The second-order valence-corrected chi connectivity index (χ2v) is 7.03. The molecule has 0 fully saturated rings. The van der Waals surface area contributed by atoms with Gasteiger partial charge in [0.1, 0.15) is 0 Å². The summed E-state index contributed by atoms with van der Waals surface area (Å²) in [6, 6.07) is 10.2. The number of carbonyl (C=O) groups excluding carboxylic acids is 2. The number of hydrogen-bond acceptors (Lipinski definition) is 9. The van der Waals surface area contributed by atoms with Crippen LogP contribution in [0.1, 0.15) is 34.9 Å². The summed E-state index contributed by atoms with van der Waals surface area (Å²) in [6.45, 7) is 5.19. The summed E-state index contributed by atoms with van der Waals surface area (Å²) in [4.78, 5) is 28.9. The van der Waals surface area contributed by atoms with Crippen molar-refractivity contribution in [3.63, 3.8) is 0 Å². The lowest BCUT2D eigenvalue weighted by molar-refractivity contribution is 0.0898. The number of benzene rings is 2. The molecule has 2 aromatic carbocycles. The predicted octanol–water partition coefficient (Wildman–Crippen LogP) is 2.42. The van der Waals surface area contributed by atoms with E-state index >= 15 is 0 Å². The number of amides is 2. The Hall–Kier alpha value is -4.28. The van der Waals surface area contributed by atoms with E-state index in [4.69, 9.17) is 23.5 Å². The highest BCUT2D eigenvalue weighted by atomic mass is 16.7. The molecule has 0 spiro atoms. The molecule has 0 bridgehead atoms. The molecule has 2 N–H and O–H groups in total. The van der Waals surface area contributed by atoms with Gasteiger partial charge in [-0.2, -0.15) is 4.98 Å². The van der Waals surface area contributed by atoms with Gasteiger partial charge in [0.2, 0.25) is 12.6 Å². The Balaban J connectivity index is 1.28. The maximum Gasteiger partial charge on any atom is 0.316 e. The largest absolute Gasteiger partial charge is 0.490 e. The Morgan fingerprint density at radius 1 is 0.912 bits per heavy atom. The highest BCUT2D eigenvalue weighted by Gasteiger charge is 2.19. The minimum absolute atomic E-state index is 0.154. The van der Waals surface area contributed by atoms with Gasteiger partial charge in [-0.15, -0.1) is 0 Å². The molecule has 11 nitrogen and oxygen atoms in total. The van der Waals surface area contributed by atoms with E-state index in [1.54, 1.807) is 36.4 Å². The number of hydrogen-bond donors (Lipinski definition) is 2. The van der Waals surface area contributed by atoms with E-state index < -0.39 is 5.91 Å². The summed E-state index contributed by atoms with van der Waals surface area (Å²) >= 11 is 0. The highest BCUT2D eigenvalue weighted by Crippen LogP contribution is 2.35. The van der Waals surface area contributed by atoms with E-state index in [1.165, 1.54) is 0 Å². The zero-order valence-corrected chi connectivity index (χ0v) is 18.8. The Kier molecular flexibility index (Phi) is 7.11. The van der Waals surface area contributed by atoms with Crippen LogP contribution in [-0.4, -0.2) is 55.1 Å². The fraction of sp³-hybridized carbons (Fsp3) is 0.304. The number of nitrogens with one attached hydrogen (secondary N) is 2. The highest BCUT2D eigenvalue weighted by molar-refractivity contribution is 5.95. The van der Waals surface area contributed by atoms with Gasteiger partial charge in [-0.1, -0.05) is 5.16 Å². The van der Waals surface area contributed by atoms with Gasteiger partial charge in [-0.3, -0.25) is 9.59 Å². The summed E-state index contributed by atoms with van der Waals surface area (Å²) in [6.07, 6.45) is 0. The molecule has 1 aliphatic heterocycles. The molecule has 1 aromatic heterocycles. The van der Waals surface area contributed by atoms with Crippen LogP contribution >= 0.6 is 0 Å². The van der Waals surface area contributed by atoms with Gasteiger partial charge >= 0.3 is 11.8 Å². The Morgan fingerprint density at radius 3 is 2.44 bits per heavy atom. The first-order valence-corrected chi connectivity index (χ1v) is 10.8. The molecule has 0 atom stereocenters. The summed E-state index contributed by atoms with van der Waals surface area (Å²) in [7, 11) is 0. The third kappa shape index (κ3) is 5.20. The number of nitrogens with zero attached hydrogens (tertiary/aromatic N) is 2. The second-order valence-electron chi connectivity index (χ2n) is 7.03. The lowest BCUT2D eigenvalue weighted by Gasteiger charge is -2.12. The van der Waals surface area contributed by atoms with Crippen molar-refractivity contribution in [3.8, 4) is 34.4 Å². The molecular weight excluding hydrogens is 444 g/mol.